The highest BCUT2D eigenvalue weighted by atomic mass is 16.5. The molecule has 1 aliphatic heterocycles. The van der Waals surface area contributed by atoms with Gasteiger partial charge in [0.2, 0.25) is 0 Å². The standard InChI is InChI=1S/C12H15NO3/c13-7-10-4-5-11(16-10)8-2-1-3-9(6-8)12(14)15/h1-3,6,10-11H,4-5,7,13H2,(H,14,15)/t10-,11+/m1/s1. The van der Waals surface area contributed by atoms with Gasteiger partial charge in [-0.2, -0.15) is 0 Å². The summed E-state index contributed by atoms with van der Waals surface area (Å²) in [7, 11) is 0. The highest BCUT2D eigenvalue weighted by Crippen LogP contribution is 2.32. The van der Waals surface area contributed by atoms with Crippen LogP contribution in [0.4, 0.5) is 0 Å². The maximum absolute atomic E-state index is 10.8. The van der Waals surface area contributed by atoms with Crippen molar-refractivity contribution >= 4 is 5.97 Å². The Balaban J connectivity index is 2.15. The van der Waals surface area contributed by atoms with E-state index in [1.54, 1.807) is 18.2 Å². The molecule has 1 aliphatic rings. The first kappa shape index (κ1) is 11.1. The highest BCUT2D eigenvalue weighted by molar-refractivity contribution is 5.87. The molecule has 1 saturated heterocycles. The van der Waals surface area contributed by atoms with Gasteiger partial charge < -0.3 is 15.6 Å². The van der Waals surface area contributed by atoms with Crippen LogP contribution in [0.2, 0.25) is 0 Å². The molecular formula is C12H15NO3. The minimum Gasteiger partial charge on any atom is -0.478 e. The van der Waals surface area contributed by atoms with Crippen LogP contribution < -0.4 is 5.73 Å². The van der Waals surface area contributed by atoms with Gasteiger partial charge in [0.25, 0.3) is 0 Å². The van der Waals surface area contributed by atoms with Gasteiger partial charge in [-0.15, -0.1) is 0 Å². The van der Waals surface area contributed by atoms with E-state index in [9.17, 15) is 4.79 Å². The van der Waals surface area contributed by atoms with E-state index in [1.807, 2.05) is 6.07 Å². The van der Waals surface area contributed by atoms with Crippen molar-refractivity contribution < 1.29 is 14.6 Å². The Kier molecular flexibility index (Phi) is 3.22. The average molecular weight is 221 g/mol. The van der Waals surface area contributed by atoms with Crippen molar-refractivity contribution in [3.05, 3.63) is 35.4 Å². The molecule has 4 nitrogen and oxygen atoms in total. The minimum absolute atomic E-state index is 0.00662. The second kappa shape index (κ2) is 4.63. The lowest BCUT2D eigenvalue weighted by molar-refractivity contribution is 0.0497. The van der Waals surface area contributed by atoms with Crippen molar-refractivity contribution in [3.8, 4) is 0 Å². The monoisotopic (exact) mass is 221 g/mol. The van der Waals surface area contributed by atoms with E-state index < -0.39 is 5.97 Å². The maximum atomic E-state index is 10.8. The van der Waals surface area contributed by atoms with Gasteiger partial charge in [-0.1, -0.05) is 12.1 Å². The molecule has 86 valence electrons. The largest absolute Gasteiger partial charge is 0.478 e. The van der Waals surface area contributed by atoms with Crippen molar-refractivity contribution in [1.29, 1.82) is 0 Å². The Morgan fingerprint density at radius 3 is 2.94 bits per heavy atom. The molecule has 1 aromatic rings. The minimum atomic E-state index is -0.907. The van der Waals surface area contributed by atoms with Crippen molar-refractivity contribution in [2.45, 2.75) is 25.0 Å². The zero-order valence-corrected chi connectivity index (χ0v) is 8.93. The van der Waals surface area contributed by atoms with Gasteiger partial charge >= 0.3 is 5.97 Å². The average Bonchev–Trinajstić information content (AvgIpc) is 2.77. The summed E-state index contributed by atoms with van der Waals surface area (Å²) >= 11 is 0. The Hall–Kier alpha value is -1.39. The molecule has 1 heterocycles. The zero-order valence-electron chi connectivity index (χ0n) is 8.93. The third-order valence-electron chi connectivity index (χ3n) is 2.88. The Labute approximate surface area is 94.0 Å². The van der Waals surface area contributed by atoms with E-state index in [0.29, 0.717) is 12.1 Å². The number of carbonyl (C=O) groups is 1. The van der Waals surface area contributed by atoms with Crippen LogP contribution in [-0.2, 0) is 4.74 Å². The molecule has 0 aliphatic carbocycles. The second-order valence-corrected chi connectivity index (χ2v) is 3.99. The van der Waals surface area contributed by atoms with Crippen LogP contribution >= 0.6 is 0 Å². The summed E-state index contributed by atoms with van der Waals surface area (Å²) in [6, 6.07) is 6.90. The molecule has 0 amide bonds. The fraction of sp³-hybridized carbons (Fsp3) is 0.417. The molecule has 16 heavy (non-hydrogen) atoms. The third-order valence-corrected chi connectivity index (χ3v) is 2.88. The van der Waals surface area contributed by atoms with E-state index in [0.717, 1.165) is 18.4 Å². The molecule has 1 aromatic carbocycles. The van der Waals surface area contributed by atoms with Gasteiger partial charge in [0, 0.05) is 6.54 Å². The van der Waals surface area contributed by atoms with Crippen LogP contribution in [-0.4, -0.2) is 23.7 Å². The van der Waals surface area contributed by atoms with Crippen LogP contribution in [0.5, 0.6) is 0 Å². The van der Waals surface area contributed by atoms with Crippen LogP contribution in [0.3, 0.4) is 0 Å². The van der Waals surface area contributed by atoms with Crippen LogP contribution in [0.25, 0.3) is 0 Å². The number of nitrogens with two attached hydrogens (primary N) is 1. The molecule has 4 heteroatoms. The number of carboxylic acids is 1. The highest BCUT2D eigenvalue weighted by Gasteiger charge is 2.25. The summed E-state index contributed by atoms with van der Waals surface area (Å²) in [5.74, 6) is -0.907. The SMILES string of the molecule is NC[C@H]1CC[C@@H](c2cccc(C(=O)O)c2)O1. The normalized spacial score (nSPS) is 24.6. The fourth-order valence-corrected chi connectivity index (χ4v) is 2.00. The Morgan fingerprint density at radius 2 is 2.31 bits per heavy atom. The fourth-order valence-electron chi connectivity index (χ4n) is 2.00. The molecule has 0 saturated carbocycles. The summed E-state index contributed by atoms with van der Waals surface area (Å²) in [4.78, 5) is 10.8. The van der Waals surface area contributed by atoms with E-state index in [4.69, 9.17) is 15.6 Å². The second-order valence-electron chi connectivity index (χ2n) is 3.99. The Morgan fingerprint density at radius 1 is 1.50 bits per heavy atom. The first-order chi connectivity index (χ1) is 7.70. The predicted molar refractivity (Wildman–Crippen MR) is 59.3 cm³/mol. The van der Waals surface area contributed by atoms with Gasteiger partial charge in [-0.05, 0) is 30.5 Å². The zero-order chi connectivity index (χ0) is 11.5. The number of rotatable bonds is 3. The number of benzene rings is 1. The third kappa shape index (κ3) is 2.23. The molecule has 0 spiro atoms. The van der Waals surface area contributed by atoms with E-state index >= 15 is 0 Å². The lowest BCUT2D eigenvalue weighted by atomic mass is 10.0. The number of hydrogen-bond donors (Lipinski definition) is 2. The van der Waals surface area contributed by atoms with Crippen molar-refractivity contribution in [1.82, 2.24) is 0 Å². The summed E-state index contributed by atoms with van der Waals surface area (Å²) in [6.07, 6.45) is 1.95. The molecular weight excluding hydrogens is 206 g/mol. The molecule has 0 bridgehead atoms. The van der Waals surface area contributed by atoms with Crippen molar-refractivity contribution in [2.75, 3.05) is 6.54 Å². The molecule has 0 unspecified atom stereocenters. The maximum Gasteiger partial charge on any atom is 0.335 e. The molecule has 0 radical (unpaired) electrons. The lowest BCUT2D eigenvalue weighted by Gasteiger charge is -2.12. The summed E-state index contributed by atoms with van der Waals surface area (Å²) in [5.41, 5.74) is 6.76. The van der Waals surface area contributed by atoms with Crippen LogP contribution in [0.15, 0.2) is 24.3 Å². The van der Waals surface area contributed by atoms with Crippen LogP contribution in [0, 0.1) is 0 Å². The van der Waals surface area contributed by atoms with Gasteiger partial charge in [-0.25, -0.2) is 4.79 Å². The molecule has 0 aromatic heterocycles. The summed E-state index contributed by atoms with van der Waals surface area (Å²) < 4.78 is 5.71. The van der Waals surface area contributed by atoms with Gasteiger partial charge in [0.15, 0.2) is 0 Å². The van der Waals surface area contributed by atoms with Crippen molar-refractivity contribution in [3.63, 3.8) is 0 Å². The van der Waals surface area contributed by atoms with E-state index in [-0.39, 0.29) is 12.2 Å². The molecule has 2 rings (SSSR count). The molecule has 2 atom stereocenters. The van der Waals surface area contributed by atoms with Gasteiger partial charge in [-0.3, -0.25) is 0 Å². The van der Waals surface area contributed by atoms with Gasteiger partial charge in [0.05, 0.1) is 17.8 Å². The number of carboxylic acid groups (broad SMARTS) is 1. The van der Waals surface area contributed by atoms with E-state index in [2.05, 4.69) is 0 Å². The van der Waals surface area contributed by atoms with Crippen LogP contribution in [0.1, 0.15) is 34.9 Å². The van der Waals surface area contributed by atoms with E-state index in [1.165, 1.54) is 0 Å². The first-order valence-electron chi connectivity index (χ1n) is 5.39. The Bertz CT molecular complexity index is 392. The van der Waals surface area contributed by atoms with Crippen molar-refractivity contribution in [2.24, 2.45) is 5.73 Å². The first-order valence-corrected chi connectivity index (χ1v) is 5.39. The predicted octanol–water partition coefficient (Wildman–Crippen LogP) is 1.56. The molecule has 1 fully saturated rings. The summed E-state index contributed by atoms with van der Waals surface area (Å²) in [5, 5.41) is 8.89. The topological polar surface area (TPSA) is 72.6 Å². The number of aromatic carboxylic acids is 1. The molecule has 3 N–H and O–H groups in total. The lowest BCUT2D eigenvalue weighted by Crippen LogP contribution is -2.18. The quantitative estimate of drug-likeness (QED) is 0.812. The smallest absolute Gasteiger partial charge is 0.335 e. The summed E-state index contributed by atoms with van der Waals surface area (Å²) in [6.45, 7) is 0.523. The van der Waals surface area contributed by atoms with Gasteiger partial charge in [0.1, 0.15) is 0 Å². The number of hydrogen-bond acceptors (Lipinski definition) is 3. The number of ether oxygens (including phenoxy) is 1.